The highest BCUT2D eigenvalue weighted by atomic mass is 35.5. The number of carbonyl (C=O) groups excluding carboxylic acids is 1. The number of hydrogen-bond acceptors (Lipinski definition) is 3. The summed E-state index contributed by atoms with van der Waals surface area (Å²) in [4.78, 5) is 25.6. The van der Waals surface area contributed by atoms with E-state index in [0.29, 0.717) is 26.1 Å². The Kier molecular flexibility index (Phi) is 4.22. The van der Waals surface area contributed by atoms with Gasteiger partial charge >= 0.3 is 0 Å². The van der Waals surface area contributed by atoms with Crippen molar-refractivity contribution in [3.8, 4) is 0 Å². The molecule has 132 valence electrons. The van der Waals surface area contributed by atoms with E-state index in [9.17, 15) is 14.8 Å². The molecule has 0 radical (unpaired) electrons. The van der Waals surface area contributed by atoms with Gasteiger partial charge in [-0.1, -0.05) is 40.9 Å². The molecular formula is C19H12Cl3NO3. The fourth-order valence-corrected chi connectivity index (χ4v) is 4.48. The van der Waals surface area contributed by atoms with Crippen LogP contribution < -0.4 is 5.43 Å². The van der Waals surface area contributed by atoms with Gasteiger partial charge in [0.15, 0.2) is 5.78 Å². The summed E-state index contributed by atoms with van der Waals surface area (Å²) >= 11 is 18.5. The number of hydrogen-bond donors (Lipinski definition) is 1. The van der Waals surface area contributed by atoms with E-state index in [-0.39, 0.29) is 41.2 Å². The van der Waals surface area contributed by atoms with E-state index < -0.39 is 5.43 Å². The quantitative estimate of drug-likeness (QED) is 0.569. The maximum Gasteiger partial charge on any atom is 0.200 e. The normalized spacial score (nSPS) is 16.7. The summed E-state index contributed by atoms with van der Waals surface area (Å²) in [7, 11) is 0. The summed E-state index contributed by atoms with van der Waals surface area (Å²) in [6.07, 6.45) is 0.368. The van der Waals surface area contributed by atoms with Crippen molar-refractivity contribution in [2.24, 2.45) is 0 Å². The van der Waals surface area contributed by atoms with Crippen LogP contribution in [-0.4, -0.2) is 15.7 Å². The third-order valence-electron chi connectivity index (χ3n) is 4.76. The summed E-state index contributed by atoms with van der Waals surface area (Å²) < 4.78 is 0.900. The zero-order chi connectivity index (χ0) is 18.6. The van der Waals surface area contributed by atoms with Crippen molar-refractivity contribution in [2.75, 3.05) is 0 Å². The van der Waals surface area contributed by atoms with Crippen LogP contribution in [0.2, 0.25) is 15.1 Å². The van der Waals surface area contributed by atoms with Crippen LogP contribution in [-0.2, 0) is 6.42 Å². The molecule has 26 heavy (non-hydrogen) atoms. The number of benzene rings is 2. The SMILES string of the molecule is O=C1CC(c2c(Cl)cccc2Cl)Cc2c1c(=O)c1cc(Cl)ccc1n2O. The van der Waals surface area contributed by atoms with Crippen LogP contribution in [0, 0.1) is 0 Å². The molecular weight excluding hydrogens is 397 g/mol. The molecule has 7 heteroatoms. The van der Waals surface area contributed by atoms with Gasteiger partial charge in [0.25, 0.3) is 0 Å². The van der Waals surface area contributed by atoms with Gasteiger partial charge in [-0.3, -0.25) is 9.59 Å². The molecule has 0 saturated heterocycles. The van der Waals surface area contributed by atoms with E-state index >= 15 is 0 Å². The fraction of sp³-hybridized carbons (Fsp3) is 0.158. The predicted octanol–water partition coefficient (Wildman–Crippen LogP) is 5.11. The number of ketones is 1. The molecule has 2 aromatic carbocycles. The largest absolute Gasteiger partial charge is 0.428 e. The van der Waals surface area contributed by atoms with Crippen molar-refractivity contribution in [3.63, 3.8) is 0 Å². The second-order valence-electron chi connectivity index (χ2n) is 6.29. The number of carbonyl (C=O) groups is 1. The zero-order valence-corrected chi connectivity index (χ0v) is 15.6. The number of nitrogens with zero attached hydrogens (tertiary/aromatic N) is 1. The standard InChI is InChI=1S/C19H12Cl3NO3/c20-10-4-5-14-11(8-10)19(25)18-15(23(14)26)6-9(7-16(18)24)17-12(21)2-1-3-13(17)22/h1-5,8-9,26H,6-7H2. The molecule has 4 rings (SSSR count). The van der Waals surface area contributed by atoms with Gasteiger partial charge in [-0.05, 0) is 48.2 Å². The molecule has 1 aliphatic rings. The highest BCUT2D eigenvalue weighted by Gasteiger charge is 2.33. The Hall–Kier alpha value is -2.01. The highest BCUT2D eigenvalue weighted by Crippen LogP contribution is 2.39. The van der Waals surface area contributed by atoms with Gasteiger partial charge in [-0.15, -0.1) is 0 Å². The molecule has 1 aliphatic carbocycles. The van der Waals surface area contributed by atoms with Gasteiger partial charge in [0.1, 0.15) is 0 Å². The average molecular weight is 409 g/mol. The van der Waals surface area contributed by atoms with Gasteiger partial charge in [-0.2, -0.15) is 4.73 Å². The second kappa shape index (κ2) is 6.31. The lowest BCUT2D eigenvalue weighted by atomic mass is 9.81. The Labute approximate surface area is 163 Å². The summed E-state index contributed by atoms with van der Waals surface area (Å²) in [5, 5.41) is 12.1. The highest BCUT2D eigenvalue weighted by molar-refractivity contribution is 6.36. The van der Waals surface area contributed by atoms with Crippen molar-refractivity contribution in [1.29, 1.82) is 0 Å². The molecule has 3 aromatic rings. The van der Waals surface area contributed by atoms with E-state index in [2.05, 4.69) is 0 Å². The molecule has 4 nitrogen and oxygen atoms in total. The van der Waals surface area contributed by atoms with Crippen LogP contribution in [0.4, 0.5) is 0 Å². The maximum atomic E-state index is 12.8. The van der Waals surface area contributed by atoms with Crippen LogP contribution in [0.25, 0.3) is 10.9 Å². The first-order chi connectivity index (χ1) is 12.4. The number of Topliss-reactive ketones (excluding diaryl/α,β-unsaturated/α-hetero) is 1. The van der Waals surface area contributed by atoms with Gasteiger partial charge in [-0.25, -0.2) is 0 Å². The van der Waals surface area contributed by atoms with E-state index in [1.54, 1.807) is 30.3 Å². The topological polar surface area (TPSA) is 59.3 Å². The Morgan fingerprint density at radius 3 is 2.38 bits per heavy atom. The first-order valence-electron chi connectivity index (χ1n) is 7.92. The summed E-state index contributed by atoms with van der Waals surface area (Å²) in [5.74, 6) is -0.666. The van der Waals surface area contributed by atoms with E-state index in [0.717, 1.165) is 4.73 Å². The lowest BCUT2D eigenvalue weighted by molar-refractivity contribution is 0.0949. The first-order valence-corrected chi connectivity index (χ1v) is 9.05. The molecule has 0 aliphatic heterocycles. The molecule has 0 saturated carbocycles. The van der Waals surface area contributed by atoms with E-state index in [4.69, 9.17) is 34.8 Å². The van der Waals surface area contributed by atoms with Gasteiger partial charge in [0, 0.05) is 21.5 Å². The van der Waals surface area contributed by atoms with Crippen LogP contribution in [0.3, 0.4) is 0 Å². The number of rotatable bonds is 1. The van der Waals surface area contributed by atoms with Crippen molar-refractivity contribution >= 4 is 51.5 Å². The number of pyridine rings is 1. The number of halogens is 3. The maximum absolute atomic E-state index is 12.8. The van der Waals surface area contributed by atoms with Crippen molar-refractivity contribution < 1.29 is 10.0 Å². The van der Waals surface area contributed by atoms with Gasteiger partial charge in [0.2, 0.25) is 5.43 Å². The Bertz CT molecular complexity index is 1120. The summed E-state index contributed by atoms with van der Waals surface area (Å²) in [6, 6.07) is 9.72. The monoisotopic (exact) mass is 407 g/mol. The summed E-state index contributed by atoms with van der Waals surface area (Å²) in [6.45, 7) is 0. The minimum atomic E-state index is -0.420. The van der Waals surface area contributed by atoms with E-state index in [1.807, 2.05) is 0 Å². The van der Waals surface area contributed by atoms with Crippen LogP contribution >= 0.6 is 34.8 Å². The van der Waals surface area contributed by atoms with Gasteiger partial charge in [0.05, 0.1) is 22.2 Å². The van der Waals surface area contributed by atoms with Crippen molar-refractivity contribution in [3.05, 3.63) is 78.5 Å². The van der Waals surface area contributed by atoms with Crippen LogP contribution in [0.5, 0.6) is 0 Å². The summed E-state index contributed by atoms with van der Waals surface area (Å²) in [5.41, 5.74) is 0.801. The van der Waals surface area contributed by atoms with Crippen molar-refractivity contribution in [1.82, 2.24) is 4.73 Å². The molecule has 0 fully saturated rings. The first kappa shape index (κ1) is 17.4. The third kappa shape index (κ3) is 2.60. The lowest BCUT2D eigenvalue weighted by Crippen LogP contribution is -2.30. The molecule has 0 spiro atoms. The van der Waals surface area contributed by atoms with Gasteiger partial charge < -0.3 is 5.21 Å². The van der Waals surface area contributed by atoms with Crippen LogP contribution in [0.15, 0.2) is 41.2 Å². The minimum absolute atomic E-state index is 0.00157. The molecule has 1 unspecified atom stereocenters. The molecule has 0 amide bonds. The molecule has 1 N–H and O–H groups in total. The number of aromatic nitrogens is 1. The van der Waals surface area contributed by atoms with Crippen LogP contribution in [0.1, 0.15) is 34.0 Å². The molecule has 1 aromatic heterocycles. The van der Waals surface area contributed by atoms with Crippen molar-refractivity contribution in [2.45, 2.75) is 18.8 Å². The zero-order valence-electron chi connectivity index (χ0n) is 13.3. The molecule has 0 bridgehead atoms. The fourth-order valence-electron chi connectivity index (χ4n) is 3.60. The molecule has 1 heterocycles. The predicted molar refractivity (Wildman–Crippen MR) is 102 cm³/mol. The second-order valence-corrected chi connectivity index (χ2v) is 7.54. The number of fused-ring (bicyclic) bond motifs is 2. The third-order valence-corrected chi connectivity index (χ3v) is 5.66. The lowest BCUT2D eigenvalue weighted by Gasteiger charge is -2.26. The Balaban J connectivity index is 1.95. The van der Waals surface area contributed by atoms with E-state index in [1.165, 1.54) is 6.07 Å². The minimum Gasteiger partial charge on any atom is -0.428 e. The Morgan fingerprint density at radius 2 is 1.69 bits per heavy atom. The smallest absolute Gasteiger partial charge is 0.200 e. The molecule has 1 atom stereocenters. The average Bonchev–Trinajstić information content (AvgIpc) is 2.59. The Morgan fingerprint density at radius 1 is 1.00 bits per heavy atom.